The first-order valence-corrected chi connectivity index (χ1v) is 9.92. The van der Waals surface area contributed by atoms with Gasteiger partial charge in [0, 0.05) is 38.4 Å². The summed E-state index contributed by atoms with van der Waals surface area (Å²) in [6, 6.07) is 6.02. The van der Waals surface area contributed by atoms with Crippen molar-refractivity contribution in [3.63, 3.8) is 0 Å². The number of aliphatic hydroxyl groups is 1. The van der Waals surface area contributed by atoms with Gasteiger partial charge in [-0.1, -0.05) is 6.07 Å². The van der Waals surface area contributed by atoms with E-state index in [2.05, 4.69) is 49.6 Å². The normalized spacial score (nSPS) is 17.0. The lowest BCUT2D eigenvalue weighted by Crippen LogP contribution is -2.56. The first kappa shape index (κ1) is 19.5. The van der Waals surface area contributed by atoms with E-state index < -0.39 is 0 Å². The van der Waals surface area contributed by atoms with E-state index in [0.29, 0.717) is 23.8 Å². The summed E-state index contributed by atoms with van der Waals surface area (Å²) in [5, 5.41) is 19.3. The Morgan fingerprint density at radius 1 is 1.28 bits per heavy atom. The van der Waals surface area contributed by atoms with Gasteiger partial charge in [0.2, 0.25) is 5.95 Å². The van der Waals surface area contributed by atoms with Crippen LogP contribution in [0.5, 0.6) is 0 Å². The van der Waals surface area contributed by atoms with Crippen LogP contribution >= 0.6 is 0 Å². The van der Waals surface area contributed by atoms with E-state index in [-0.39, 0.29) is 18.8 Å². The minimum absolute atomic E-state index is 0.00176. The average molecular weight is 397 g/mol. The molecule has 1 saturated heterocycles. The summed E-state index contributed by atoms with van der Waals surface area (Å²) in [5.41, 5.74) is 1.46. The van der Waals surface area contributed by atoms with Crippen molar-refractivity contribution in [2.75, 3.05) is 43.0 Å². The molecule has 0 aliphatic carbocycles. The van der Waals surface area contributed by atoms with Crippen molar-refractivity contribution in [2.24, 2.45) is 0 Å². The maximum atomic E-state index is 9.23. The van der Waals surface area contributed by atoms with Gasteiger partial charge in [-0.15, -0.1) is 0 Å². The highest BCUT2D eigenvalue weighted by molar-refractivity contribution is 5.87. The van der Waals surface area contributed by atoms with Gasteiger partial charge in [0.05, 0.1) is 12.9 Å². The van der Waals surface area contributed by atoms with Crippen LogP contribution in [-0.2, 0) is 0 Å². The van der Waals surface area contributed by atoms with Crippen molar-refractivity contribution in [3.05, 3.63) is 30.7 Å². The predicted molar refractivity (Wildman–Crippen MR) is 112 cm³/mol. The van der Waals surface area contributed by atoms with Gasteiger partial charge in [0.25, 0.3) is 0 Å². The molecule has 1 atom stereocenters. The highest BCUT2D eigenvalue weighted by Crippen LogP contribution is 2.31. The predicted octanol–water partition coefficient (Wildman–Crippen LogP) is 0.863. The topological polar surface area (TPSA) is 116 Å². The number of fused-ring (bicyclic) bond motifs is 1. The minimum atomic E-state index is -0.0355. The third kappa shape index (κ3) is 4.00. The molecule has 1 unspecified atom stereocenters. The Balaban J connectivity index is 1.89. The SMILES string of the molecule is CC(C)n1cnc2c(N(c3ccccn3)C3CNCCN3)nc(NCCO)nc21. The number of imidazole rings is 1. The Hall–Kier alpha value is -2.82. The summed E-state index contributed by atoms with van der Waals surface area (Å²) >= 11 is 0. The van der Waals surface area contributed by atoms with E-state index in [0.717, 1.165) is 31.1 Å². The van der Waals surface area contributed by atoms with Gasteiger partial charge in [0.15, 0.2) is 17.0 Å². The summed E-state index contributed by atoms with van der Waals surface area (Å²) < 4.78 is 2.02. The lowest BCUT2D eigenvalue weighted by molar-refractivity contribution is 0.311. The molecule has 3 aromatic rings. The van der Waals surface area contributed by atoms with Gasteiger partial charge in [-0.2, -0.15) is 9.97 Å². The number of aliphatic hydroxyl groups excluding tert-OH is 1. The van der Waals surface area contributed by atoms with E-state index >= 15 is 0 Å². The van der Waals surface area contributed by atoms with E-state index in [1.54, 1.807) is 12.5 Å². The Labute approximate surface area is 169 Å². The Bertz CT molecular complexity index is 938. The maximum absolute atomic E-state index is 9.23. The molecule has 0 bridgehead atoms. The number of piperazine rings is 1. The number of rotatable bonds is 7. The molecule has 4 heterocycles. The molecule has 0 radical (unpaired) electrons. The molecule has 10 heteroatoms. The second kappa shape index (κ2) is 8.68. The molecule has 4 rings (SSSR count). The lowest BCUT2D eigenvalue weighted by Gasteiger charge is -2.35. The number of nitrogens with zero attached hydrogens (tertiary/aromatic N) is 6. The van der Waals surface area contributed by atoms with Gasteiger partial charge < -0.3 is 20.3 Å². The summed E-state index contributed by atoms with van der Waals surface area (Å²) in [6.45, 7) is 7.05. The van der Waals surface area contributed by atoms with E-state index in [1.165, 1.54) is 0 Å². The van der Waals surface area contributed by atoms with Crippen molar-refractivity contribution < 1.29 is 5.11 Å². The molecule has 0 saturated carbocycles. The second-order valence-electron chi connectivity index (χ2n) is 7.17. The molecule has 1 aliphatic rings. The standard InChI is InChI=1S/C19H27N9O/c1-13(2)27-12-24-16-17(27)25-19(23-9-10-29)26-18(16)28(14-5-3-4-6-21-14)15-11-20-7-8-22-15/h3-6,12-13,15,20,22,29H,7-11H2,1-2H3,(H,23,25,26). The summed E-state index contributed by atoms with van der Waals surface area (Å²) in [4.78, 5) is 20.7. The van der Waals surface area contributed by atoms with Crippen LogP contribution in [0.1, 0.15) is 19.9 Å². The molecular weight excluding hydrogens is 370 g/mol. The zero-order valence-electron chi connectivity index (χ0n) is 16.7. The smallest absolute Gasteiger partial charge is 0.226 e. The van der Waals surface area contributed by atoms with Crippen LogP contribution in [0.2, 0.25) is 0 Å². The van der Waals surface area contributed by atoms with Crippen LogP contribution in [0.4, 0.5) is 17.6 Å². The zero-order valence-corrected chi connectivity index (χ0v) is 16.7. The van der Waals surface area contributed by atoms with Crippen molar-refractivity contribution >= 4 is 28.7 Å². The van der Waals surface area contributed by atoms with Gasteiger partial charge in [-0.05, 0) is 26.0 Å². The van der Waals surface area contributed by atoms with E-state index in [1.807, 2.05) is 22.8 Å². The first-order chi connectivity index (χ1) is 14.2. The molecule has 154 valence electrons. The fourth-order valence-corrected chi connectivity index (χ4v) is 3.43. The van der Waals surface area contributed by atoms with E-state index in [9.17, 15) is 5.11 Å². The van der Waals surface area contributed by atoms with Crippen LogP contribution in [-0.4, -0.2) is 68.6 Å². The molecule has 1 fully saturated rings. The molecule has 29 heavy (non-hydrogen) atoms. The van der Waals surface area contributed by atoms with Crippen LogP contribution in [0.25, 0.3) is 11.2 Å². The quantitative estimate of drug-likeness (QED) is 0.461. The molecule has 1 aliphatic heterocycles. The van der Waals surface area contributed by atoms with Crippen LogP contribution < -0.4 is 20.9 Å². The van der Waals surface area contributed by atoms with Crippen molar-refractivity contribution in [3.8, 4) is 0 Å². The second-order valence-corrected chi connectivity index (χ2v) is 7.17. The number of pyridine rings is 1. The summed E-state index contributed by atoms with van der Waals surface area (Å²) in [5.74, 6) is 1.91. The Kier molecular flexibility index (Phi) is 5.84. The Morgan fingerprint density at radius 2 is 2.17 bits per heavy atom. The number of nitrogens with one attached hydrogen (secondary N) is 3. The number of aromatic nitrogens is 5. The van der Waals surface area contributed by atoms with Crippen LogP contribution in [0.15, 0.2) is 30.7 Å². The molecule has 0 amide bonds. The molecule has 0 spiro atoms. The first-order valence-electron chi connectivity index (χ1n) is 9.92. The molecule has 3 aromatic heterocycles. The monoisotopic (exact) mass is 397 g/mol. The largest absolute Gasteiger partial charge is 0.395 e. The number of anilines is 3. The molecule has 0 aromatic carbocycles. The van der Waals surface area contributed by atoms with Gasteiger partial charge >= 0.3 is 0 Å². The van der Waals surface area contributed by atoms with Gasteiger partial charge in [-0.25, -0.2) is 9.97 Å². The Morgan fingerprint density at radius 3 is 2.86 bits per heavy atom. The van der Waals surface area contributed by atoms with Gasteiger partial charge in [0.1, 0.15) is 12.0 Å². The maximum Gasteiger partial charge on any atom is 0.226 e. The highest BCUT2D eigenvalue weighted by atomic mass is 16.3. The van der Waals surface area contributed by atoms with Crippen molar-refractivity contribution in [2.45, 2.75) is 26.1 Å². The molecular formula is C19H27N9O. The lowest BCUT2D eigenvalue weighted by atomic mass is 10.2. The summed E-state index contributed by atoms with van der Waals surface area (Å²) in [6.07, 6.45) is 3.54. The van der Waals surface area contributed by atoms with E-state index in [4.69, 9.17) is 4.98 Å². The van der Waals surface area contributed by atoms with Crippen LogP contribution in [0.3, 0.4) is 0 Å². The molecule has 4 N–H and O–H groups in total. The zero-order chi connectivity index (χ0) is 20.2. The fraction of sp³-hybridized carbons (Fsp3) is 0.474. The third-order valence-corrected chi connectivity index (χ3v) is 4.81. The third-order valence-electron chi connectivity index (χ3n) is 4.81. The van der Waals surface area contributed by atoms with Gasteiger partial charge in [-0.3, -0.25) is 10.2 Å². The highest BCUT2D eigenvalue weighted by Gasteiger charge is 2.28. The van der Waals surface area contributed by atoms with Crippen molar-refractivity contribution in [1.82, 2.24) is 35.1 Å². The minimum Gasteiger partial charge on any atom is -0.395 e. The van der Waals surface area contributed by atoms with Crippen LogP contribution in [0, 0.1) is 0 Å². The summed E-state index contributed by atoms with van der Waals surface area (Å²) in [7, 11) is 0. The number of hydrogen-bond acceptors (Lipinski definition) is 9. The van der Waals surface area contributed by atoms with Crippen molar-refractivity contribution in [1.29, 1.82) is 0 Å². The average Bonchev–Trinajstić information content (AvgIpc) is 3.18. The fourth-order valence-electron chi connectivity index (χ4n) is 3.43. The number of hydrogen-bond donors (Lipinski definition) is 4. The molecule has 10 nitrogen and oxygen atoms in total.